The third kappa shape index (κ3) is 11.2. The van der Waals surface area contributed by atoms with Crippen LogP contribution in [0.4, 0.5) is 0 Å². The van der Waals surface area contributed by atoms with Crippen molar-refractivity contribution >= 4 is 18.0 Å². The molecule has 0 aliphatic carbocycles. The summed E-state index contributed by atoms with van der Waals surface area (Å²) < 4.78 is 46.0. The van der Waals surface area contributed by atoms with Crippen molar-refractivity contribution in [3.05, 3.63) is 65.7 Å². The highest BCUT2D eigenvalue weighted by atomic mass is 16.8. The smallest absolute Gasteiger partial charge is 0.330 e. The van der Waals surface area contributed by atoms with Gasteiger partial charge in [0.2, 0.25) is 12.2 Å². The van der Waals surface area contributed by atoms with Gasteiger partial charge in [-0.15, -0.1) is 0 Å². The average Bonchev–Trinajstić information content (AvgIpc) is 3.20. The summed E-state index contributed by atoms with van der Waals surface area (Å²) in [4.78, 5) is 23.8. The molecule has 2 aromatic rings. The van der Waals surface area contributed by atoms with E-state index in [9.17, 15) is 50.4 Å². The Labute approximate surface area is 327 Å². The Balaban J connectivity index is 1.36. The minimum atomic E-state index is -1.94. The number of hydrogen-bond donors (Lipinski definition) is 9. The van der Waals surface area contributed by atoms with E-state index in [0.717, 1.165) is 11.6 Å². The predicted molar refractivity (Wildman–Crippen MR) is 193 cm³/mol. The fraction of sp³-hybridized carbons (Fsp3) is 0.579. The zero-order chi connectivity index (χ0) is 41.4. The molecule has 3 saturated heterocycles. The number of hydrogen-bond acceptors (Lipinski definition) is 18. The highest BCUT2D eigenvalue weighted by molar-refractivity contribution is 5.87. The lowest BCUT2D eigenvalue weighted by Crippen LogP contribution is -2.67. The monoisotopic (exact) mass is 809 g/mol. The van der Waals surface area contributed by atoms with Gasteiger partial charge in [-0.3, -0.25) is 4.79 Å². The van der Waals surface area contributed by atoms with E-state index in [1.165, 1.54) is 27.0 Å². The summed E-state index contributed by atoms with van der Waals surface area (Å²) in [6.45, 7) is 1.91. The van der Waals surface area contributed by atoms with E-state index < -0.39 is 111 Å². The molecule has 0 unspecified atom stereocenters. The van der Waals surface area contributed by atoms with Crippen molar-refractivity contribution < 1.29 is 88.3 Å². The van der Waals surface area contributed by atoms with Gasteiger partial charge in [0, 0.05) is 19.5 Å². The van der Waals surface area contributed by atoms with Crippen molar-refractivity contribution in [2.24, 2.45) is 0 Å². The number of rotatable bonds is 15. The standard InChI is InChI=1S/C38H51NO18/c1-18-27(43)34(56-36-32(48)30(46)28(44)24(16-40)54-36)35(38(52-18)53-23-11-6-21(7-12-23)14-15-39-19(2)41)57-37-33(49)31(47)29(45)25(55-37)17-51-26(42)13-8-20-4-9-22(50-3)10-5-20/h4-13,18,24-25,27-38,40,43-49H,14-17H2,1-3H3,(H,39,41)/b13-8-/t18-,24+,25+,27-,28+,29+,30-,31-,32+,33+,34+,35+,36-,37-,38-/m0/s1. The first-order valence-electron chi connectivity index (χ1n) is 18.3. The van der Waals surface area contributed by atoms with Crippen LogP contribution in [0.2, 0.25) is 0 Å². The van der Waals surface area contributed by atoms with Gasteiger partial charge in [-0.25, -0.2) is 4.79 Å². The second-order valence-electron chi connectivity index (χ2n) is 13.8. The van der Waals surface area contributed by atoms with Crippen molar-refractivity contribution in [2.75, 3.05) is 26.9 Å². The van der Waals surface area contributed by atoms with Gasteiger partial charge in [0.05, 0.1) is 19.8 Å². The SMILES string of the molecule is COc1ccc(/C=C\C(=O)OC[C@H]2O[C@@H](O[C@H]3[C@H](Oc4ccc(CCNC(C)=O)cc4)O[C@@H](C)[C@H](O)[C@H]3O[C@@H]3O[C@H](CO)[C@@H](O)[C@H](O)[C@H]3O)[C@H](O)[C@@H](O)[C@@H]2O)cc1. The molecule has 3 heterocycles. The number of amides is 1. The summed E-state index contributed by atoms with van der Waals surface area (Å²) in [5.74, 6) is -0.138. The third-order valence-electron chi connectivity index (χ3n) is 9.74. The van der Waals surface area contributed by atoms with E-state index in [1.807, 2.05) is 0 Å². The number of methoxy groups -OCH3 is 1. The largest absolute Gasteiger partial charge is 0.497 e. The van der Waals surface area contributed by atoms with Crippen molar-refractivity contribution in [1.29, 1.82) is 0 Å². The van der Waals surface area contributed by atoms with Crippen LogP contribution >= 0.6 is 0 Å². The minimum Gasteiger partial charge on any atom is -0.497 e. The van der Waals surface area contributed by atoms with Gasteiger partial charge in [-0.1, -0.05) is 24.3 Å². The molecule has 0 saturated carbocycles. The Morgan fingerprint density at radius 1 is 0.719 bits per heavy atom. The highest BCUT2D eigenvalue weighted by Crippen LogP contribution is 2.34. The average molecular weight is 810 g/mol. The number of aliphatic hydroxyl groups excluding tert-OH is 8. The van der Waals surface area contributed by atoms with Crippen LogP contribution < -0.4 is 14.8 Å². The molecule has 0 aromatic heterocycles. The number of nitrogens with one attached hydrogen (secondary N) is 1. The second-order valence-corrected chi connectivity index (χ2v) is 13.8. The molecule has 3 aliphatic heterocycles. The first-order chi connectivity index (χ1) is 27.2. The minimum absolute atomic E-state index is 0.174. The molecule has 316 valence electrons. The summed E-state index contributed by atoms with van der Waals surface area (Å²) in [6, 6.07) is 13.5. The highest BCUT2D eigenvalue weighted by Gasteiger charge is 2.54. The molecule has 2 aromatic carbocycles. The summed E-state index contributed by atoms with van der Waals surface area (Å²) in [5, 5.41) is 88.0. The summed E-state index contributed by atoms with van der Waals surface area (Å²) in [7, 11) is 1.52. The zero-order valence-corrected chi connectivity index (χ0v) is 31.4. The maximum absolute atomic E-state index is 12.6. The molecule has 57 heavy (non-hydrogen) atoms. The van der Waals surface area contributed by atoms with Crippen molar-refractivity contribution in [3.8, 4) is 11.5 Å². The first kappa shape index (κ1) is 44.3. The van der Waals surface area contributed by atoms with Crippen LogP contribution in [0.5, 0.6) is 11.5 Å². The van der Waals surface area contributed by atoms with Crippen LogP contribution in [0.15, 0.2) is 54.6 Å². The molecule has 0 radical (unpaired) electrons. The molecule has 19 heteroatoms. The Morgan fingerprint density at radius 3 is 1.89 bits per heavy atom. The van der Waals surface area contributed by atoms with Crippen LogP contribution in [0.3, 0.4) is 0 Å². The van der Waals surface area contributed by atoms with E-state index in [1.54, 1.807) is 48.5 Å². The first-order valence-corrected chi connectivity index (χ1v) is 18.3. The van der Waals surface area contributed by atoms with Crippen LogP contribution in [0.25, 0.3) is 6.08 Å². The molecule has 3 fully saturated rings. The van der Waals surface area contributed by atoms with Gasteiger partial charge in [-0.05, 0) is 54.8 Å². The van der Waals surface area contributed by atoms with Crippen LogP contribution in [0.1, 0.15) is 25.0 Å². The normalized spacial score (nSPS) is 35.7. The van der Waals surface area contributed by atoms with Gasteiger partial charge in [0.1, 0.15) is 79.1 Å². The number of carbonyl (C=O) groups is 2. The second kappa shape index (κ2) is 20.3. The fourth-order valence-electron chi connectivity index (χ4n) is 6.38. The number of ether oxygens (including phenoxy) is 8. The lowest BCUT2D eigenvalue weighted by Gasteiger charge is -2.48. The third-order valence-corrected chi connectivity index (χ3v) is 9.74. The lowest BCUT2D eigenvalue weighted by atomic mass is 9.96. The summed E-state index contributed by atoms with van der Waals surface area (Å²) >= 11 is 0. The molecule has 9 N–H and O–H groups in total. The van der Waals surface area contributed by atoms with Gasteiger partial charge < -0.3 is 84.1 Å². The molecule has 0 bridgehead atoms. The summed E-state index contributed by atoms with van der Waals surface area (Å²) in [6.07, 6.45) is -21.6. The Bertz CT molecular complexity index is 1610. The van der Waals surface area contributed by atoms with Crippen LogP contribution in [-0.2, 0) is 44.4 Å². The number of carbonyl (C=O) groups excluding carboxylic acids is 2. The summed E-state index contributed by atoms with van der Waals surface area (Å²) in [5.41, 5.74) is 1.52. The van der Waals surface area contributed by atoms with Gasteiger partial charge >= 0.3 is 5.97 Å². The molecule has 5 rings (SSSR count). The molecule has 19 nitrogen and oxygen atoms in total. The Hall–Kier alpha value is -3.80. The van der Waals surface area contributed by atoms with E-state index in [4.69, 9.17) is 37.9 Å². The van der Waals surface area contributed by atoms with Crippen molar-refractivity contribution in [1.82, 2.24) is 5.32 Å². The maximum atomic E-state index is 12.6. The number of aliphatic hydroxyl groups is 8. The van der Waals surface area contributed by atoms with E-state index in [-0.39, 0.29) is 11.7 Å². The quantitative estimate of drug-likeness (QED) is 0.0664. The molecule has 1 amide bonds. The van der Waals surface area contributed by atoms with Crippen molar-refractivity contribution in [2.45, 2.75) is 112 Å². The van der Waals surface area contributed by atoms with E-state index in [2.05, 4.69) is 5.32 Å². The Kier molecular flexibility index (Phi) is 15.7. The fourth-order valence-corrected chi connectivity index (χ4v) is 6.38. The lowest BCUT2D eigenvalue weighted by molar-refractivity contribution is -0.382. The molecule has 15 atom stereocenters. The van der Waals surface area contributed by atoms with Gasteiger partial charge in [0.15, 0.2) is 18.7 Å². The maximum Gasteiger partial charge on any atom is 0.330 e. The number of esters is 1. The van der Waals surface area contributed by atoms with Crippen molar-refractivity contribution in [3.63, 3.8) is 0 Å². The van der Waals surface area contributed by atoms with E-state index >= 15 is 0 Å². The number of benzene rings is 2. The topological polar surface area (TPSA) is 282 Å². The van der Waals surface area contributed by atoms with Crippen LogP contribution in [0, 0.1) is 0 Å². The molecule has 3 aliphatic rings. The van der Waals surface area contributed by atoms with Crippen LogP contribution in [-0.4, -0.2) is 172 Å². The predicted octanol–water partition coefficient (Wildman–Crippen LogP) is -2.51. The molecule has 0 spiro atoms. The van der Waals surface area contributed by atoms with Gasteiger partial charge in [0.25, 0.3) is 0 Å². The molecular weight excluding hydrogens is 758 g/mol. The molecular formula is C38H51NO18. The van der Waals surface area contributed by atoms with Gasteiger partial charge in [-0.2, -0.15) is 0 Å². The zero-order valence-electron chi connectivity index (χ0n) is 31.4. The Morgan fingerprint density at radius 2 is 1.30 bits per heavy atom. The van der Waals surface area contributed by atoms with E-state index in [0.29, 0.717) is 24.3 Å².